The number of rotatable bonds is 6. The van der Waals surface area contributed by atoms with E-state index in [1.165, 1.54) is 5.56 Å². The number of carbonyl (C=O) groups is 1. The van der Waals surface area contributed by atoms with Crippen LogP contribution >= 0.6 is 11.8 Å². The highest BCUT2D eigenvalue weighted by atomic mass is 32.2. The number of hydrogen-bond donors (Lipinski definition) is 1. The Morgan fingerprint density at radius 3 is 2.60 bits per heavy atom. The zero-order valence-corrected chi connectivity index (χ0v) is 9.67. The average Bonchev–Trinajstić information content (AvgIpc) is 2.25. The minimum atomic E-state index is -0.682. The van der Waals surface area contributed by atoms with E-state index in [9.17, 15) is 4.79 Å². The average molecular weight is 224 g/mol. The highest BCUT2D eigenvalue weighted by molar-refractivity contribution is 7.98. The summed E-state index contributed by atoms with van der Waals surface area (Å²) in [6, 6.07) is 10.1. The molecule has 0 radical (unpaired) electrons. The summed E-state index contributed by atoms with van der Waals surface area (Å²) >= 11 is 1.69. The van der Waals surface area contributed by atoms with E-state index < -0.39 is 5.97 Å². The second-order valence-corrected chi connectivity index (χ2v) is 4.47. The fraction of sp³-hybridized carbons (Fsp3) is 0.417. The molecular weight excluding hydrogens is 208 g/mol. The van der Waals surface area contributed by atoms with Crippen molar-refractivity contribution in [1.29, 1.82) is 0 Å². The molecule has 0 aliphatic heterocycles. The topological polar surface area (TPSA) is 37.3 Å². The molecule has 3 heteroatoms. The van der Waals surface area contributed by atoms with Gasteiger partial charge in [-0.25, -0.2) is 0 Å². The second-order valence-electron chi connectivity index (χ2n) is 3.44. The van der Waals surface area contributed by atoms with Crippen LogP contribution in [-0.2, 0) is 10.5 Å². The van der Waals surface area contributed by atoms with E-state index >= 15 is 0 Å². The van der Waals surface area contributed by atoms with Gasteiger partial charge >= 0.3 is 5.97 Å². The highest BCUT2D eigenvalue weighted by Gasteiger charge is 2.14. The molecule has 1 N–H and O–H groups in total. The van der Waals surface area contributed by atoms with Gasteiger partial charge in [-0.1, -0.05) is 37.3 Å². The first-order valence-electron chi connectivity index (χ1n) is 5.08. The Labute approximate surface area is 94.7 Å². The quantitative estimate of drug-likeness (QED) is 0.807. The lowest BCUT2D eigenvalue weighted by Gasteiger charge is -2.08. The summed E-state index contributed by atoms with van der Waals surface area (Å²) in [6.45, 7) is 1.92. The van der Waals surface area contributed by atoms with Gasteiger partial charge in [-0.15, -0.1) is 0 Å². The van der Waals surface area contributed by atoms with Crippen molar-refractivity contribution < 1.29 is 9.90 Å². The van der Waals surface area contributed by atoms with Crippen LogP contribution in [0.5, 0.6) is 0 Å². The zero-order valence-electron chi connectivity index (χ0n) is 8.85. The lowest BCUT2D eigenvalue weighted by Crippen LogP contribution is -2.15. The Balaban J connectivity index is 2.30. The first-order chi connectivity index (χ1) is 7.24. The van der Waals surface area contributed by atoms with Crippen molar-refractivity contribution in [2.45, 2.75) is 19.1 Å². The van der Waals surface area contributed by atoms with Crippen molar-refractivity contribution in [1.82, 2.24) is 0 Å². The van der Waals surface area contributed by atoms with Gasteiger partial charge in [0.2, 0.25) is 0 Å². The molecule has 0 saturated carbocycles. The maximum absolute atomic E-state index is 10.8. The van der Waals surface area contributed by atoms with E-state index in [2.05, 4.69) is 12.1 Å². The van der Waals surface area contributed by atoms with Crippen LogP contribution in [-0.4, -0.2) is 16.8 Å². The lowest BCUT2D eigenvalue weighted by molar-refractivity contribution is -0.140. The van der Waals surface area contributed by atoms with E-state index in [-0.39, 0.29) is 5.92 Å². The van der Waals surface area contributed by atoms with Gasteiger partial charge in [0.05, 0.1) is 5.92 Å². The first kappa shape index (κ1) is 12.1. The van der Waals surface area contributed by atoms with Crippen LogP contribution in [0.25, 0.3) is 0 Å². The molecular formula is C12H16O2S. The first-order valence-corrected chi connectivity index (χ1v) is 6.24. The van der Waals surface area contributed by atoms with E-state index in [1.54, 1.807) is 11.8 Å². The third-order valence-corrected chi connectivity index (χ3v) is 3.45. The third-order valence-electron chi connectivity index (χ3n) is 2.27. The van der Waals surface area contributed by atoms with Crippen LogP contribution in [0.1, 0.15) is 18.9 Å². The van der Waals surface area contributed by atoms with Gasteiger partial charge in [-0.05, 0) is 12.0 Å². The lowest BCUT2D eigenvalue weighted by atomic mass is 10.1. The molecule has 2 nitrogen and oxygen atoms in total. The predicted octanol–water partition coefficient (Wildman–Crippen LogP) is 3.03. The molecule has 1 aromatic rings. The zero-order chi connectivity index (χ0) is 11.1. The standard InChI is InChI=1S/C12H16O2S/c1-2-11(12(13)14)9-15-8-10-6-4-3-5-7-10/h3-7,11H,2,8-9H2,1H3,(H,13,14)/t11-/m1/s1. The van der Waals surface area contributed by atoms with E-state index in [0.717, 1.165) is 5.75 Å². The number of aliphatic carboxylic acids is 1. The van der Waals surface area contributed by atoms with E-state index in [1.807, 2.05) is 25.1 Å². The van der Waals surface area contributed by atoms with Crippen molar-refractivity contribution in [3.05, 3.63) is 35.9 Å². The summed E-state index contributed by atoms with van der Waals surface area (Å²) in [5.74, 6) is 0.697. The van der Waals surface area contributed by atoms with Gasteiger partial charge < -0.3 is 5.11 Å². The molecule has 1 aromatic carbocycles. The minimum Gasteiger partial charge on any atom is -0.481 e. The fourth-order valence-corrected chi connectivity index (χ4v) is 2.47. The van der Waals surface area contributed by atoms with Gasteiger partial charge in [-0.2, -0.15) is 11.8 Å². The maximum Gasteiger partial charge on any atom is 0.307 e. The smallest absolute Gasteiger partial charge is 0.307 e. The monoisotopic (exact) mass is 224 g/mol. The van der Waals surface area contributed by atoms with Crippen LogP contribution in [0, 0.1) is 5.92 Å². The Kier molecular flexibility index (Phi) is 5.26. The van der Waals surface area contributed by atoms with E-state index in [4.69, 9.17) is 5.11 Å². The summed E-state index contributed by atoms with van der Waals surface area (Å²) in [6.07, 6.45) is 0.705. The predicted molar refractivity (Wildman–Crippen MR) is 64.0 cm³/mol. The van der Waals surface area contributed by atoms with Crippen molar-refractivity contribution >= 4 is 17.7 Å². The molecule has 0 amide bonds. The van der Waals surface area contributed by atoms with Crippen LogP contribution in [0.2, 0.25) is 0 Å². The van der Waals surface area contributed by atoms with Gasteiger partial charge in [0, 0.05) is 11.5 Å². The molecule has 1 atom stereocenters. The van der Waals surface area contributed by atoms with Crippen molar-refractivity contribution in [2.75, 3.05) is 5.75 Å². The minimum absolute atomic E-state index is 0.210. The summed E-state index contributed by atoms with van der Waals surface area (Å²) in [7, 11) is 0. The molecule has 0 aliphatic carbocycles. The molecule has 0 saturated heterocycles. The normalized spacial score (nSPS) is 12.3. The molecule has 15 heavy (non-hydrogen) atoms. The molecule has 0 heterocycles. The summed E-state index contributed by atoms with van der Waals surface area (Å²) < 4.78 is 0. The number of carboxylic acids is 1. The number of benzene rings is 1. The van der Waals surface area contributed by atoms with Crippen molar-refractivity contribution in [2.24, 2.45) is 5.92 Å². The Morgan fingerprint density at radius 1 is 1.40 bits per heavy atom. The molecule has 1 rings (SSSR count). The number of thioether (sulfide) groups is 1. The Bertz CT molecular complexity index is 298. The molecule has 0 bridgehead atoms. The van der Waals surface area contributed by atoms with Crippen LogP contribution in [0.4, 0.5) is 0 Å². The molecule has 0 aromatic heterocycles. The fourth-order valence-electron chi connectivity index (χ4n) is 1.26. The van der Waals surface area contributed by atoms with Crippen molar-refractivity contribution in [3.8, 4) is 0 Å². The summed E-state index contributed by atoms with van der Waals surface area (Å²) in [4.78, 5) is 10.8. The molecule has 0 fully saturated rings. The van der Waals surface area contributed by atoms with Crippen LogP contribution < -0.4 is 0 Å². The van der Waals surface area contributed by atoms with E-state index in [0.29, 0.717) is 12.2 Å². The summed E-state index contributed by atoms with van der Waals surface area (Å²) in [5, 5.41) is 8.86. The van der Waals surface area contributed by atoms with Gasteiger partial charge in [0.1, 0.15) is 0 Å². The summed E-state index contributed by atoms with van der Waals surface area (Å²) in [5.41, 5.74) is 1.25. The maximum atomic E-state index is 10.8. The molecule has 0 aliphatic rings. The SMILES string of the molecule is CC[C@H](CSCc1ccccc1)C(=O)O. The number of carboxylic acid groups (broad SMARTS) is 1. The molecule has 0 spiro atoms. The largest absolute Gasteiger partial charge is 0.481 e. The highest BCUT2D eigenvalue weighted by Crippen LogP contribution is 2.17. The van der Waals surface area contributed by atoms with Gasteiger partial charge in [0.15, 0.2) is 0 Å². The Morgan fingerprint density at radius 2 is 2.07 bits per heavy atom. The molecule has 0 unspecified atom stereocenters. The van der Waals surface area contributed by atoms with Crippen LogP contribution in [0.3, 0.4) is 0 Å². The number of hydrogen-bond acceptors (Lipinski definition) is 2. The Hall–Kier alpha value is -0.960. The molecule has 82 valence electrons. The second kappa shape index (κ2) is 6.51. The van der Waals surface area contributed by atoms with Gasteiger partial charge in [-0.3, -0.25) is 4.79 Å². The third kappa shape index (κ3) is 4.38. The van der Waals surface area contributed by atoms with Gasteiger partial charge in [0.25, 0.3) is 0 Å². The van der Waals surface area contributed by atoms with Crippen LogP contribution in [0.15, 0.2) is 30.3 Å². The van der Waals surface area contributed by atoms with Crippen molar-refractivity contribution in [3.63, 3.8) is 0 Å².